The largest absolute Gasteiger partial charge is 0.479 e. The third-order valence-electron chi connectivity index (χ3n) is 8.50. The molecule has 2 unspecified atom stereocenters. The third-order valence-corrected chi connectivity index (χ3v) is 8.50. The van der Waals surface area contributed by atoms with Crippen molar-refractivity contribution in [2.24, 2.45) is 0 Å². The van der Waals surface area contributed by atoms with Gasteiger partial charge in [-0.3, -0.25) is 9.69 Å². The Morgan fingerprint density at radius 3 is 2.89 bits per heavy atom. The summed E-state index contributed by atoms with van der Waals surface area (Å²) in [5.74, 6) is -1.87. The highest BCUT2D eigenvalue weighted by atomic mass is 16.7. The Morgan fingerprint density at radius 1 is 1.33 bits per heavy atom. The zero-order chi connectivity index (χ0) is 29.8. The topological polar surface area (TPSA) is 166 Å². The third kappa shape index (κ3) is 2.89. The second-order valence-corrected chi connectivity index (χ2v) is 10.0. The minimum atomic E-state index is -2.54. The number of carbonyl (C=O) groups excluding carboxylic acids is 1. The highest BCUT2D eigenvalue weighted by molar-refractivity contribution is 5.90. The van der Waals surface area contributed by atoms with Gasteiger partial charge in [0.2, 0.25) is 6.29 Å². The first kappa shape index (κ1) is 18.7. The van der Waals surface area contributed by atoms with Crippen molar-refractivity contribution in [3.05, 3.63) is 35.8 Å². The lowest BCUT2D eigenvalue weighted by atomic mass is 9.49. The van der Waals surface area contributed by atoms with Gasteiger partial charge in [-0.1, -0.05) is 12.1 Å². The van der Waals surface area contributed by atoms with Gasteiger partial charge in [0.05, 0.1) is 15.1 Å². The monoisotopic (exact) mass is 508 g/mol. The van der Waals surface area contributed by atoms with E-state index in [4.69, 9.17) is 21.1 Å². The van der Waals surface area contributed by atoms with Crippen molar-refractivity contribution >= 4 is 11.8 Å². The summed E-state index contributed by atoms with van der Waals surface area (Å²) >= 11 is 0. The highest BCUT2D eigenvalue weighted by Gasteiger charge is 2.73. The molecular formula is C25H29NO10. The summed E-state index contributed by atoms with van der Waals surface area (Å²) in [4.78, 5) is 26.1. The van der Waals surface area contributed by atoms with Gasteiger partial charge in [0.15, 0.2) is 29.5 Å². The maximum absolute atomic E-state index is 13.2. The highest BCUT2D eigenvalue weighted by Crippen LogP contribution is 2.65. The van der Waals surface area contributed by atoms with Gasteiger partial charge < -0.3 is 39.7 Å². The molecule has 1 aromatic carbocycles. The second kappa shape index (κ2) is 7.98. The number of piperidine rings is 1. The van der Waals surface area contributed by atoms with Gasteiger partial charge in [-0.2, -0.15) is 0 Å². The number of aliphatic carboxylic acids is 1. The molecule has 1 saturated carbocycles. The van der Waals surface area contributed by atoms with Crippen molar-refractivity contribution in [2.75, 3.05) is 13.0 Å². The fourth-order valence-corrected chi connectivity index (χ4v) is 6.89. The number of carbonyl (C=O) groups is 2. The fourth-order valence-electron chi connectivity index (χ4n) is 6.89. The summed E-state index contributed by atoms with van der Waals surface area (Å²) < 4.78 is 57.5. The molecule has 1 aromatic rings. The van der Waals surface area contributed by atoms with E-state index in [-0.39, 0.29) is 49.5 Å². The van der Waals surface area contributed by atoms with E-state index in [2.05, 4.69) is 0 Å². The smallest absolute Gasteiger partial charge is 0.335 e. The van der Waals surface area contributed by atoms with E-state index < -0.39 is 78.9 Å². The van der Waals surface area contributed by atoms with Crippen LogP contribution in [0.1, 0.15) is 37.2 Å². The van der Waals surface area contributed by atoms with Crippen LogP contribution in [-0.2, 0) is 26.2 Å². The predicted octanol–water partition coefficient (Wildman–Crippen LogP) is -1.13. The molecule has 3 heterocycles. The van der Waals surface area contributed by atoms with Crippen LogP contribution in [0.3, 0.4) is 0 Å². The summed E-state index contributed by atoms with van der Waals surface area (Å²) in [7, 11) is 0. The first-order valence-corrected chi connectivity index (χ1v) is 11.8. The predicted molar refractivity (Wildman–Crippen MR) is 121 cm³/mol. The summed E-state index contributed by atoms with van der Waals surface area (Å²) in [6.45, 7) is -3.55. The number of carboxylic acids is 1. The number of nitrogens with zero attached hydrogens (tertiary/aromatic N) is 1. The second-order valence-electron chi connectivity index (χ2n) is 10.0. The number of ether oxygens (including phenoxy) is 3. The molecular weight excluding hydrogens is 474 g/mol. The van der Waals surface area contributed by atoms with Crippen LogP contribution in [0.5, 0.6) is 11.5 Å². The molecule has 11 nitrogen and oxygen atoms in total. The molecule has 3 aliphatic heterocycles. The Hall–Kier alpha value is -2.54. The molecule has 0 amide bonds. The molecule has 1 spiro atoms. The molecule has 9 atom stereocenters. The van der Waals surface area contributed by atoms with Crippen molar-refractivity contribution in [1.29, 1.82) is 0 Å². The standard InChI is InChI=1S/C25H29NO10/c1-2-8-26-9-7-24-15-11-3-4-13(34-23-18(30)16(28)17(29)20(36-23)22(31)32)19(15)35-21(24)12(27)5-6-25(24,33)14(26)10-11/h2-4,14,16-18,20-21,23,28-30,33H,1,5-10H2,(H,31,32)/t14-,16+,17?,18?,20+,21+,23-,24+,25-/m1/s1/i1D2,2D,8D2. The summed E-state index contributed by atoms with van der Waals surface area (Å²) in [6, 6.07) is 1.26. The quantitative estimate of drug-likeness (QED) is 0.305. The lowest BCUT2D eigenvalue weighted by molar-refractivity contribution is -0.271. The van der Waals surface area contributed by atoms with Crippen LogP contribution >= 0.6 is 0 Å². The van der Waals surface area contributed by atoms with Crippen molar-refractivity contribution in [1.82, 2.24) is 4.90 Å². The number of hydrogen-bond acceptors (Lipinski definition) is 10. The average Bonchev–Trinajstić information content (AvgIpc) is 3.26. The fraction of sp³-hybridized carbons (Fsp3) is 0.600. The Bertz CT molecular complexity index is 1360. The maximum Gasteiger partial charge on any atom is 0.335 e. The number of benzene rings is 1. The van der Waals surface area contributed by atoms with Gasteiger partial charge in [-0.25, -0.2) is 4.79 Å². The van der Waals surface area contributed by atoms with Crippen LogP contribution in [0.25, 0.3) is 0 Å². The van der Waals surface area contributed by atoms with Gasteiger partial charge in [-0.05, 0) is 30.9 Å². The SMILES string of the molecule is [2H]C([2H])=C([2H])C([2H])([2H])N1CC[C@]23c4c5ccc(O[C@@H]6O[C@H](C(=O)O)C(O)[C@H](O)C6O)c4O[C@H]2C(=O)CC[C@@]3(O)[C@H]1C5. The molecule has 2 saturated heterocycles. The number of aliphatic hydroxyl groups is 4. The summed E-state index contributed by atoms with van der Waals surface area (Å²) in [6.07, 6.45) is -10.4. The Balaban J connectivity index is 1.44. The Kier molecular flexibility index (Phi) is 4.14. The number of likely N-dealkylation sites (tertiary alicyclic amines) is 1. The zero-order valence-corrected chi connectivity index (χ0v) is 19.0. The van der Waals surface area contributed by atoms with E-state index in [1.165, 1.54) is 11.0 Å². The number of Topliss-reactive ketones (excluding diaryl/α,β-unsaturated/α-hetero) is 1. The number of rotatable bonds is 5. The molecule has 0 radical (unpaired) electrons. The Labute approximate surface area is 213 Å². The first-order valence-electron chi connectivity index (χ1n) is 14.3. The maximum atomic E-state index is 13.2. The zero-order valence-electron chi connectivity index (χ0n) is 24.0. The van der Waals surface area contributed by atoms with Crippen molar-refractivity contribution in [3.63, 3.8) is 0 Å². The van der Waals surface area contributed by atoms with Crippen LogP contribution in [-0.4, -0.2) is 104 Å². The van der Waals surface area contributed by atoms with Gasteiger partial charge in [0.25, 0.3) is 0 Å². The van der Waals surface area contributed by atoms with Crippen LogP contribution < -0.4 is 9.47 Å². The first-order chi connectivity index (χ1) is 19.2. The molecule has 11 heteroatoms. The molecule has 3 fully saturated rings. The molecule has 36 heavy (non-hydrogen) atoms. The molecule has 5 N–H and O–H groups in total. The minimum absolute atomic E-state index is 0.0205. The van der Waals surface area contributed by atoms with E-state index in [1.807, 2.05) is 0 Å². The molecule has 2 bridgehead atoms. The van der Waals surface area contributed by atoms with Crippen molar-refractivity contribution in [2.45, 2.75) is 79.6 Å². The van der Waals surface area contributed by atoms with Crippen LogP contribution in [0.2, 0.25) is 0 Å². The van der Waals surface area contributed by atoms with E-state index in [0.717, 1.165) is 0 Å². The van der Waals surface area contributed by atoms with E-state index in [0.29, 0.717) is 11.1 Å². The normalized spacial score (nSPS) is 45.2. The van der Waals surface area contributed by atoms with Crippen molar-refractivity contribution < 1.29 is 56.2 Å². The van der Waals surface area contributed by atoms with E-state index >= 15 is 0 Å². The molecule has 6 rings (SSSR count). The number of ketones is 1. The van der Waals surface area contributed by atoms with Gasteiger partial charge in [-0.15, -0.1) is 6.53 Å². The summed E-state index contributed by atoms with van der Waals surface area (Å²) in [5.41, 5.74) is -1.94. The molecule has 2 aliphatic carbocycles. The van der Waals surface area contributed by atoms with Gasteiger partial charge in [0, 0.05) is 33.8 Å². The lowest BCUT2D eigenvalue weighted by Crippen LogP contribution is -2.76. The van der Waals surface area contributed by atoms with E-state index in [9.17, 15) is 35.1 Å². The summed E-state index contributed by atoms with van der Waals surface area (Å²) in [5, 5.41) is 52.4. The number of aliphatic hydroxyl groups excluding tert-OH is 3. The van der Waals surface area contributed by atoms with Crippen LogP contribution in [0, 0.1) is 0 Å². The van der Waals surface area contributed by atoms with Gasteiger partial charge in [0.1, 0.15) is 18.3 Å². The van der Waals surface area contributed by atoms with Crippen LogP contribution in [0.15, 0.2) is 24.7 Å². The van der Waals surface area contributed by atoms with Gasteiger partial charge >= 0.3 is 5.97 Å². The molecule has 194 valence electrons. The lowest BCUT2D eigenvalue weighted by Gasteiger charge is -2.62. The number of carboxylic acid groups (broad SMARTS) is 1. The van der Waals surface area contributed by atoms with Crippen molar-refractivity contribution in [3.8, 4) is 11.5 Å². The van der Waals surface area contributed by atoms with Crippen LogP contribution in [0.4, 0.5) is 0 Å². The van der Waals surface area contributed by atoms with E-state index in [1.54, 1.807) is 6.07 Å². The molecule has 0 aromatic heterocycles. The molecule has 5 aliphatic rings. The minimum Gasteiger partial charge on any atom is -0.479 e. The number of hydrogen-bond donors (Lipinski definition) is 5. The average molecular weight is 509 g/mol. The Morgan fingerprint density at radius 2 is 2.14 bits per heavy atom.